The number of benzene rings is 2. The van der Waals surface area contributed by atoms with Gasteiger partial charge in [-0.05, 0) is 63.6 Å². The molecule has 0 aliphatic carbocycles. The van der Waals surface area contributed by atoms with Gasteiger partial charge in [0.05, 0.1) is 22.3 Å². The van der Waals surface area contributed by atoms with E-state index in [1.165, 1.54) is 19.1 Å². The third kappa shape index (κ3) is 9.62. The van der Waals surface area contributed by atoms with Crippen molar-refractivity contribution in [3.63, 3.8) is 0 Å². The Morgan fingerprint density at radius 2 is 1.82 bits per heavy atom. The van der Waals surface area contributed by atoms with Crippen LogP contribution >= 0.6 is 11.6 Å². The minimum Gasteiger partial charge on any atom is -0.492 e. The molecular formula is C23H30ClFN6O7S2. The fourth-order valence-electron chi connectivity index (χ4n) is 3.34. The molecule has 220 valence electrons. The van der Waals surface area contributed by atoms with Gasteiger partial charge < -0.3 is 21.5 Å². The van der Waals surface area contributed by atoms with E-state index in [2.05, 4.69) is 15.3 Å². The summed E-state index contributed by atoms with van der Waals surface area (Å²) in [6.45, 7) is 5.53. The molecule has 1 amide bonds. The molecule has 1 aliphatic heterocycles. The maximum atomic E-state index is 13.1. The number of guanidine groups is 2. The number of halogens is 2. The molecule has 40 heavy (non-hydrogen) atoms. The Balaban J connectivity index is 0.000000840. The zero-order chi connectivity index (χ0) is 30.3. The van der Waals surface area contributed by atoms with Crippen LogP contribution in [0, 0.1) is 0 Å². The number of nitrogens with one attached hydrogen (secondary N) is 1. The van der Waals surface area contributed by atoms with E-state index in [9.17, 15) is 25.5 Å². The number of anilines is 1. The molecule has 0 radical (unpaired) electrons. The molecule has 0 atom stereocenters. The first-order chi connectivity index (χ1) is 18.4. The molecule has 0 aromatic heterocycles. The van der Waals surface area contributed by atoms with Gasteiger partial charge in [0.2, 0.25) is 11.9 Å². The number of nitrogens with two attached hydrogens (primary N) is 2. The lowest BCUT2D eigenvalue weighted by Crippen LogP contribution is -2.54. The van der Waals surface area contributed by atoms with Gasteiger partial charge in [-0.15, -0.1) is 3.89 Å². The van der Waals surface area contributed by atoms with Gasteiger partial charge in [-0.1, -0.05) is 17.7 Å². The molecule has 0 saturated heterocycles. The van der Waals surface area contributed by atoms with Crippen molar-refractivity contribution >= 4 is 55.5 Å². The first kappa shape index (κ1) is 32.7. The summed E-state index contributed by atoms with van der Waals surface area (Å²) in [4.78, 5) is 21.6. The molecule has 2 aromatic rings. The van der Waals surface area contributed by atoms with Crippen molar-refractivity contribution in [2.75, 3.05) is 23.8 Å². The molecule has 0 unspecified atom stereocenters. The molecular weight excluding hydrogens is 591 g/mol. The number of amides is 1. The van der Waals surface area contributed by atoms with Crippen molar-refractivity contribution in [3.05, 3.63) is 53.1 Å². The maximum absolute atomic E-state index is 13.1. The molecule has 17 heteroatoms. The smallest absolute Gasteiger partial charge is 0.332 e. The zero-order valence-corrected chi connectivity index (χ0v) is 24.2. The maximum Gasteiger partial charge on any atom is 0.332 e. The van der Waals surface area contributed by atoms with Gasteiger partial charge in [-0.3, -0.25) is 14.2 Å². The summed E-state index contributed by atoms with van der Waals surface area (Å²) in [6.07, 6.45) is 0.442. The predicted octanol–water partition coefficient (Wildman–Crippen LogP) is 2.28. The van der Waals surface area contributed by atoms with E-state index in [4.69, 9.17) is 32.4 Å². The summed E-state index contributed by atoms with van der Waals surface area (Å²) < 4.78 is 67.7. The van der Waals surface area contributed by atoms with Crippen LogP contribution in [0.1, 0.15) is 37.6 Å². The summed E-state index contributed by atoms with van der Waals surface area (Å²) in [7, 11) is -8.55. The third-order valence-electron chi connectivity index (χ3n) is 5.17. The van der Waals surface area contributed by atoms with Gasteiger partial charge in [0, 0.05) is 17.8 Å². The molecule has 2 aromatic carbocycles. The fourth-order valence-corrected chi connectivity index (χ4v) is 4.08. The number of carbonyl (C=O) groups excluding carboxylic acids is 1. The molecule has 13 nitrogen and oxygen atoms in total. The van der Waals surface area contributed by atoms with Gasteiger partial charge in [0.1, 0.15) is 11.4 Å². The summed E-state index contributed by atoms with van der Waals surface area (Å²) in [6, 6.07) is 9.85. The van der Waals surface area contributed by atoms with Crippen molar-refractivity contribution in [3.8, 4) is 5.75 Å². The van der Waals surface area contributed by atoms with Crippen LogP contribution < -0.4 is 26.4 Å². The molecule has 0 spiro atoms. The van der Waals surface area contributed by atoms with Crippen molar-refractivity contribution in [2.45, 2.75) is 37.8 Å². The van der Waals surface area contributed by atoms with Crippen LogP contribution in [0.5, 0.6) is 5.75 Å². The van der Waals surface area contributed by atoms with E-state index in [0.717, 1.165) is 12.1 Å². The van der Waals surface area contributed by atoms with Crippen molar-refractivity contribution < 1.29 is 34.8 Å². The second kappa shape index (κ2) is 13.3. The van der Waals surface area contributed by atoms with E-state index in [1.807, 2.05) is 13.8 Å². The molecule has 0 saturated carbocycles. The standard InChI is InChI=1S/C21H24ClFN6O4S.C2H6O3S/c1-21(2)28-19(24)27-20(25)29(21)14-7-8-17(16(22)12-14)33-10-4-9-26-18(30)13-5-3-6-15(11-13)34(23,31)32;1-2-6(3,4)5/h3,5-8,11-12H,4,9-10H2,1-2H3,(H,26,30)(H4,24,25,27,28);2H2,1H3,(H,3,4,5). The Labute approximate surface area is 237 Å². The van der Waals surface area contributed by atoms with E-state index in [0.29, 0.717) is 22.9 Å². The number of ether oxygens (including phenoxy) is 1. The molecule has 0 fully saturated rings. The van der Waals surface area contributed by atoms with Crippen LogP contribution in [0.3, 0.4) is 0 Å². The monoisotopic (exact) mass is 620 g/mol. The summed E-state index contributed by atoms with van der Waals surface area (Å²) in [5, 5.41) is 2.97. The first-order valence-electron chi connectivity index (χ1n) is 11.6. The highest BCUT2D eigenvalue weighted by molar-refractivity contribution is 7.86. The summed E-state index contributed by atoms with van der Waals surface area (Å²) >= 11 is 6.37. The van der Waals surface area contributed by atoms with Crippen LogP contribution in [-0.2, 0) is 20.3 Å². The van der Waals surface area contributed by atoms with E-state index in [-0.39, 0.29) is 36.4 Å². The van der Waals surface area contributed by atoms with Crippen LogP contribution in [-0.4, -0.2) is 63.8 Å². The Bertz CT molecular complexity index is 1520. The third-order valence-corrected chi connectivity index (χ3v) is 7.02. The number of carbonyl (C=O) groups is 1. The van der Waals surface area contributed by atoms with Crippen molar-refractivity contribution in [1.82, 2.24) is 5.32 Å². The van der Waals surface area contributed by atoms with Gasteiger partial charge in [0.15, 0.2) is 0 Å². The van der Waals surface area contributed by atoms with E-state index in [1.54, 1.807) is 23.1 Å². The van der Waals surface area contributed by atoms with Gasteiger partial charge in [0.25, 0.3) is 16.0 Å². The molecule has 1 aliphatic rings. The van der Waals surface area contributed by atoms with Gasteiger partial charge in [-0.2, -0.15) is 21.8 Å². The minimum absolute atomic E-state index is 0.0350. The highest BCUT2D eigenvalue weighted by Gasteiger charge is 2.33. The molecule has 6 N–H and O–H groups in total. The van der Waals surface area contributed by atoms with Crippen LogP contribution in [0.15, 0.2) is 57.3 Å². The van der Waals surface area contributed by atoms with E-state index < -0.39 is 36.8 Å². The number of aliphatic imine (C=N–C) groups is 2. The summed E-state index contributed by atoms with van der Waals surface area (Å²) in [5.41, 5.74) is 11.7. The van der Waals surface area contributed by atoms with Crippen molar-refractivity contribution in [2.24, 2.45) is 21.5 Å². The van der Waals surface area contributed by atoms with Gasteiger partial charge in [-0.25, -0.2) is 4.99 Å². The second-order valence-corrected chi connectivity index (χ2v) is 12.2. The average Bonchev–Trinajstić information content (AvgIpc) is 2.83. The van der Waals surface area contributed by atoms with E-state index >= 15 is 0 Å². The topological polar surface area (TPSA) is 207 Å². The highest BCUT2D eigenvalue weighted by atomic mass is 35.5. The average molecular weight is 621 g/mol. The molecule has 1 heterocycles. The minimum atomic E-state index is -4.89. The zero-order valence-electron chi connectivity index (χ0n) is 21.8. The fraction of sp³-hybridized carbons (Fsp3) is 0.348. The lowest BCUT2D eigenvalue weighted by molar-refractivity contribution is 0.0951. The number of nitrogens with zero attached hydrogens (tertiary/aromatic N) is 3. The Morgan fingerprint density at radius 3 is 2.38 bits per heavy atom. The van der Waals surface area contributed by atoms with Crippen molar-refractivity contribution in [1.29, 1.82) is 0 Å². The normalized spacial score (nSPS) is 14.8. The predicted molar refractivity (Wildman–Crippen MR) is 151 cm³/mol. The van der Waals surface area contributed by atoms with Crippen LogP contribution in [0.2, 0.25) is 5.02 Å². The molecule has 0 bridgehead atoms. The lowest BCUT2D eigenvalue weighted by atomic mass is 10.1. The van der Waals surface area contributed by atoms with Crippen LogP contribution in [0.4, 0.5) is 9.57 Å². The Kier molecular flexibility index (Phi) is 10.9. The largest absolute Gasteiger partial charge is 0.492 e. The second-order valence-electron chi connectivity index (χ2n) is 8.68. The molecule has 3 rings (SSSR count). The van der Waals surface area contributed by atoms with Crippen LogP contribution in [0.25, 0.3) is 0 Å². The first-order valence-corrected chi connectivity index (χ1v) is 15.0. The Morgan fingerprint density at radius 1 is 1.18 bits per heavy atom. The highest BCUT2D eigenvalue weighted by Crippen LogP contribution is 2.33. The van der Waals surface area contributed by atoms with Gasteiger partial charge >= 0.3 is 10.2 Å². The number of hydrogen-bond donors (Lipinski definition) is 4. The number of hydrogen-bond acceptors (Lipinski definition) is 11. The quantitative estimate of drug-likeness (QED) is 0.183. The lowest BCUT2D eigenvalue weighted by Gasteiger charge is -2.38. The summed E-state index contributed by atoms with van der Waals surface area (Å²) in [5.74, 6) is -0.0114. The SMILES string of the molecule is CC1(C)N=C(N)N=C(N)N1c1ccc(OCCCNC(=O)c2cccc(S(=O)(=O)F)c2)c(Cl)c1.CCS(=O)(=O)O. The Hall–Kier alpha value is -3.47. The number of rotatable bonds is 9.